The lowest BCUT2D eigenvalue weighted by molar-refractivity contribution is 0.0982. The molecule has 2 aromatic rings. The third-order valence-electron chi connectivity index (χ3n) is 3.92. The Bertz CT molecular complexity index is 710. The van der Waals surface area contributed by atoms with Crippen molar-refractivity contribution in [1.29, 1.82) is 0 Å². The maximum atomic E-state index is 12.7. The Morgan fingerprint density at radius 2 is 2.10 bits per heavy atom. The van der Waals surface area contributed by atoms with Gasteiger partial charge in [-0.2, -0.15) is 0 Å². The van der Waals surface area contributed by atoms with Crippen molar-refractivity contribution in [3.05, 3.63) is 53.1 Å². The van der Waals surface area contributed by atoms with Gasteiger partial charge in [0.05, 0.1) is 5.56 Å². The number of benzene rings is 2. The van der Waals surface area contributed by atoms with Crippen molar-refractivity contribution < 1.29 is 9.90 Å². The van der Waals surface area contributed by atoms with Crippen LogP contribution in [0.15, 0.2) is 36.4 Å². The topological polar surface area (TPSA) is 66.6 Å². The minimum absolute atomic E-state index is 0.0241. The van der Waals surface area contributed by atoms with Crippen molar-refractivity contribution in [2.45, 2.75) is 19.8 Å². The molecule has 2 aromatic carbocycles. The summed E-state index contributed by atoms with van der Waals surface area (Å²) in [5.74, 6) is -0.157. The van der Waals surface area contributed by atoms with E-state index in [-0.39, 0.29) is 11.7 Å². The molecule has 4 nitrogen and oxygen atoms in total. The number of carbonyl (C=O) groups is 1. The fraction of sp³-hybridized carbons (Fsp3) is 0.235. The molecule has 0 aliphatic carbocycles. The minimum Gasteiger partial charge on any atom is -0.507 e. The van der Waals surface area contributed by atoms with Crippen LogP contribution in [0.4, 0.5) is 11.4 Å². The molecule has 1 aliphatic rings. The Labute approximate surface area is 123 Å². The van der Waals surface area contributed by atoms with Crippen molar-refractivity contribution in [3.8, 4) is 5.75 Å². The molecule has 1 amide bonds. The number of hydrogen-bond acceptors (Lipinski definition) is 3. The summed E-state index contributed by atoms with van der Waals surface area (Å²) in [6.45, 7) is 2.52. The predicted octanol–water partition coefficient (Wildman–Crippen LogP) is 2.88. The molecule has 4 heteroatoms. The first-order chi connectivity index (χ1) is 10.1. The summed E-state index contributed by atoms with van der Waals surface area (Å²) in [5, 5.41) is 10.0. The quantitative estimate of drug-likeness (QED) is 0.790. The number of rotatable bonds is 1. The second-order valence-corrected chi connectivity index (χ2v) is 5.43. The summed E-state index contributed by atoms with van der Waals surface area (Å²) in [5.41, 5.74) is 9.85. The number of phenolic OH excluding ortho intramolecular Hbond substituents is 1. The molecule has 3 rings (SSSR count). The Kier molecular flexibility index (Phi) is 3.29. The SMILES string of the molecule is Cc1ccc(C(=O)N2CCCc3c(N)cccc32)c(O)c1. The average Bonchev–Trinajstić information content (AvgIpc) is 2.46. The summed E-state index contributed by atoms with van der Waals surface area (Å²) in [6.07, 6.45) is 1.76. The van der Waals surface area contributed by atoms with Crippen molar-refractivity contribution in [1.82, 2.24) is 0 Å². The number of hydrogen-bond donors (Lipinski definition) is 2. The third-order valence-corrected chi connectivity index (χ3v) is 3.92. The van der Waals surface area contributed by atoms with Gasteiger partial charge in [0.25, 0.3) is 5.91 Å². The summed E-state index contributed by atoms with van der Waals surface area (Å²) >= 11 is 0. The molecule has 1 aliphatic heterocycles. The molecule has 1 heterocycles. The zero-order valence-electron chi connectivity index (χ0n) is 12.0. The molecular formula is C17H18N2O2. The second kappa shape index (κ2) is 5.13. The number of phenols is 1. The average molecular weight is 282 g/mol. The number of carbonyl (C=O) groups excluding carboxylic acids is 1. The number of fused-ring (bicyclic) bond motifs is 1. The van der Waals surface area contributed by atoms with E-state index in [4.69, 9.17) is 5.73 Å². The van der Waals surface area contributed by atoms with Crippen molar-refractivity contribution in [2.24, 2.45) is 0 Å². The van der Waals surface area contributed by atoms with Gasteiger partial charge in [-0.25, -0.2) is 0 Å². The van der Waals surface area contributed by atoms with Crippen LogP contribution in [-0.4, -0.2) is 17.6 Å². The van der Waals surface area contributed by atoms with Crippen LogP contribution in [-0.2, 0) is 6.42 Å². The largest absolute Gasteiger partial charge is 0.507 e. The molecule has 0 aromatic heterocycles. The van der Waals surface area contributed by atoms with Crippen molar-refractivity contribution in [3.63, 3.8) is 0 Å². The van der Waals surface area contributed by atoms with Crippen LogP contribution in [0.1, 0.15) is 27.9 Å². The highest BCUT2D eigenvalue weighted by Gasteiger charge is 2.26. The van der Waals surface area contributed by atoms with Gasteiger partial charge in [-0.15, -0.1) is 0 Å². The van der Waals surface area contributed by atoms with E-state index in [0.29, 0.717) is 12.1 Å². The van der Waals surface area contributed by atoms with Gasteiger partial charge in [0.15, 0.2) is 0 Å². The molecule has 0 saturated heterocycles. The lowest BCUT2D eigenvalue weighted by Crippen LogP contribution is -2.35. The highest BCUT2D eigenvalue weighted by Crippen LogP contribution is 2.33. The molecule has 21 heavy (non-hydrogen) atoms. The van der Waals surface area contributed by atoms with Gasteiger partial charge in [0.2, 0.25) is 0 Å². The first-order valence-electron chi connectivity index (χ1n) is 7.07. The number of aryl methyl sites for hydroxylation is 1. The van der Waals surface area contributed by atoms with Gasteiger partial charge in [0, 0.05) is 17.9 Å². The highest BCUT2D eigenvalue weighted by atomic mass is 16.3. The molecule has 0 saturated carbocycles. The van der Waals surface area contributed by atoms with E-state index in [1.807, 2.05) is 31.2 Å². The first-order valence-corrected chi connectivity index (χ1v) is 7.07. The van der Waals surface area contributed by atoms with Gasteiger partial charge in [0.1, 0.15) is 5.75 Å². The fourth-order valence-corrected chi connectivity index (χ4v) is 2.83. The van der Waals surface area contributed by atoms with E-state index >= 15 is 0 Å². The Morgan fingerprint density at radius 3 is 2.86 bits per heavy atom. The molecule has 0 spiro atoms. The minimum atomic E-state index is -0.181. The monoisotopic (exact) mass is 282 g/mol. The van der Waals surface area contributed by atoms with Crippen LogP contribution in [0.2, 0.25) is 0 Å². The predicted molar refractivity (Wildman–Crippen MR) is 83.7 cm³/mol. The number of nitrogens with zero attached hydrogens (tertiary/aromatic N) is 1. The van der Waals surface area contributed by atoms with E-state index in [0.717, 1.165) is 35.3 Å². The molecule has 0 atom stereocenters. The van der Waals surface area contributed by atoms with Crippen molar-refractivity contribution >= 4 is 17.3 Å². The van der Waals surface area contributed by atoms with Crippen LogP contribution in [0.3, 0.4) is 0 Å². The fourth-order valence-electron chi connectivity index (χ4n) is 2.83. The lowest BCUT2D eigenvalue weighted by Gasteiger charge is -2.30. The first kappa shape index (κ1) is 13.5. The van der Waals surface area contributed by atoms with Crippen LogP contribution in [0.5, 0.6) is 5.75 Å². The molecule has 0 fully saturated rings. The maximum Gasteiger partial charge on any atom is 0.262 e. The van der Waals surface area contributed by atoms with E-state index in [1.165, 1.54) is 0 Å². The van der Waals surface area contributed by atoms with E-state index in [9.17, 15) is 9.90 Å². The standard InChI is InChI=1S/C17H18N2O2/c1-11-7-8-13(16(20)10-11)17(21)19-9-3-4-12-14(18)5-2-6-15(12)19/h2,5-8,10,20H,3-4,9,18H2,1H3. The second-order valence-electron chi connectivity index (χ2n) is 5.43. The smallest absolute Gasteiger partial charge is 0.262 e. The molecule has 0 radical (unpaired) electrons. The van der Waals surface area contributed by atoms with E-state index in [2.05, 4.69) is 0 Å². The molecule has 0 unspecified atom stereocenters. The number of anilines is 2. The Balaban J connectivity index is 2.02. The maximum absolute atomic E-state index is 12.7. The number of aromatic hydroxyl groups is 1. The summed E-state index contributed by atoms with van der Waals surface area (Å²) in [7, 11) is 0. The van der Waals surface area contributed by atoms with Crippen molar-refractivity contribution in [2.75, 3.05) is 17.2 Å². The number of nitrogen functional groups attached to an aromatic ring is 1. The zero-order chi connectivity index (χ0) is 15.0. The Morgan fingerprint density at radius 1 is 1.29 bits per heavy atom. The molecule has 108 valence electrons. The van der Waals surface area contributed by atoms with Crippen LogP contribution >= 0.6 is 0 Å². The molecule has 0 bridgehead atoms. The van der Waals surface area contributed by atoms with E-state index in [1.54, 1.807) is 17.0 Å². The highest BCUT2D eigenvalue weighted by molar-refractivity contribution is 6.08. The number of amides is 1. The summed E-state index contributed by atoms with van der Waals surface area (Å²) in [4.78, 5) is 14.4. The summed E-state index contributed by atoms with van der Waals surface area (Å²) < 4.78 is 0. The normalized spacial score (nSPS) is 13.9. The zero-order valence-corrected chi connectivity index (χ0v) is 12.0. The Hall–Kier alpha value is -2.49. The lowest BCUT2D eigenvalue weighted by atomic mass is 9.98. The van der Waals surface area contributed by atoms with Crippen LogP contribution in [0.25, 0.3) is 0 Å². The van der Waals surface area contributed by atoms with Crippen LogP contribution in [0, 0.1) is 6.92 Å². The number of nitrogens with two attached hydrogens (primary N) is 1. The van der Waals surface area contributed by atoms with Gasteiger partial charge >= 0.3 is 0 Å². The molecular weight excluding hydrogens is 264 g/mol. The van der Waals surface area contributed by atoms with Gasteiger partial charge in [-0.3, -0.25) is 4.79 Å². The third kappa shape index (κ3) is 2.33. The van der Waals surface area contributed by atoms with Crippen LogP contribution < -0.4 is 10.6 Å². The van der Waals surface area contributed by atoms with E-state index < -0.39 is 0 Å². The van der Waals surface area contributed by atoms with Gasteiger partial charge < -0.3 is 15.7 Å². The van der Waals surface area contributed by atoms with Gasteiger partial charge in [-0.1, -0.05) is 12.1 Å². The molecule has 3 N–H and O–H groups in total. The summed E-state index contributed by atoms with van der Waals surface area (Å²) in [6, 6.07) is 10.7. The van der Waals surface area contributed by atoms with Gasteiger partial charge in [-0.05, 0) is 55.2 Å².